The summed E-state index contributed by atoms with van der Waals surface area (Å²) < 4.78 is 19.7. The van der Waals surface area contributed by atoms with E-state index in [9.17, 15) is 9.18 Å². The van der Waals surface area contributed by atoms with Gasteiger partial charge in [0.15, 0.2) is 11.6 Å². The van der Waals surface area contributed by atoms with Gasteiger partial charge in [-0.1, -0.05) is 15.9 Å². The zero-order valence-corrected chi connectivity index (χ0v) is 11.8. The summed E-state index contributed by atoms with van der Waals surface area (Å²) in [6.07, 6.45) is 4.00. The molecule has 0 saturated heterocycles. The molecule has 18 heavy (non-hydrogen) atoms. The minimum atomic E-state index is -0.665. The zero-order chi connectivity index (χ0) is 13.3. The third-order valence-corrected chi connectivity index (χ3v) is 4.36. The lowest BCUT2D eigenvalue weighted by molar-refractivity contribution is 0.241. The van der Waals surface area contributed by atoms with Gasteiger partial charge in [-0.25, -0.2) is 9.18 Å². The molecule has 0 heterocycles. The molecule has 0 spiro atoms. The molecule has 1 fully saturated rings. The van der Waals surface area contributed by atoms with Gasteiger partial charge in [0.05, 0.1) is 7.11 Å². The molecule has 0 N–H and O–H groups in total. The van der Waals surface area contributed by atoms with Gasteiger partial charge in [-0.2, -0.15) is 4.99 Å². The smallest absolute Gasteiger partial charge is 0.235 e. The van der Waals surface area contributed by atoms with Gasteiger partial charge in [-0.3, -0.25) is 0 Å². The van der Waals surface area contributed by atoms with Crippen molar-refractivity contribution in [3.63, 3.8) is 0 Å². The van der Waals surface area contributed by atoms with E-state index in [0.717, 1.165) is 24.8 Å². The standard InChI is InChI=1S/C13H13BrFNO2/c1-8-9(14)6-10(15)12(18-2)11(8)13(16-7-17)4-3-5-13/h6H,3-5H2,1-2H3. The molecule has 0 atom stereocenters. The van der Waals surface area contributed by atoms with Crippen molar-refractivity contribution in [2.75, 3.05) is 7.11 Å². The van der Waals surface area contributed by atoms with Crippen LogP contribution in [0, 0.1) is 12.7 Å². The fraction of sp³-hybridized carbons (Fsp3) is 0.462. The van der Waals surface area contributed by atoms with E-state index in [4.69, 9.17) is 4.74 Å². The maximum Gasteiger partial charge on any atom is 0.235 e. The molecule has 3 nitrogen and oxygen atoms in total. The summed E-state index contributed by atoms with van der Waals surface area (Å²) >= 11 is 3.32. The van der Waals surface area contributed by atoms with Gasteiger partial charge in [0.2, 0.25) is 6.08 Å². The van der Waals surface area contributed by atoms with Crippen LogP contribution in [-0.2, 0) is 10.3 Å². The van der Waals surface area contributed by atoms with Crippen molar-refractivity contribution < 1.29 is 13.9 Å². The SMILES string of the molecule is COc1c(F)cc(Br)c(C)c1C1(N=C=O)CCC1. The first-order valence-corrected chi connectivity index (χ1v) is 6.47. The lowest BCUT2D eigenvalue weighted by Crippen LogP contribution is -2.33. The first-order chi connectivity index (χ1) is 8.55. The fourth-order valence-corrected chi connectivity index (χ4v) is 2.87. The average Bonchev–Trinajstić information content (AvgIpc) is 2.28. The van der Waals surface area contributed by atoms with Gasteiger partial charge in [0, 0.05) is 10.0 Å². The van der Waals surface area contributed by atoms with Gasteiger partial charge in [-0.05, 0) is 37.8 Å². The number of methoxy groups -OCH3 is 1. The summed E-state index contributed by atoms with van der Waals surface area (Å²) in [6.45, 7) is 1.86. The van der Waals surface area contributed by atoms with E-state index in [1.165, 1.54) is 13.2 Å². The van der Waals surface area contributed by atoms with Gasteiger partial charge in [0.25, 0.3) is 0 Å². The summed E-state index contributed by atoms with van der Waals surface area (Å²) in [5.74, 6) is -0.272. The monoisotopic (exact) mass is 313 g/mol. The molecule has 96 valence electrons. The number of isocyanates is 1. The number of halogens is 2. The maximum absolute atomic E-state index is 13.9. The number of carbonyl (C=O) groups excluding carboxylic acids is 1. The second-order valence-corrected chi connectivity index (χ2v) is 5.32. The van der Waals surface area contributed by atoms with E-state index in [2.05, 4.69) is 20.9 Å². The Labute approximate surface area is 113 Å². The van der Waals surface area contributed by atoms with Crippen molar-refractivity contribution in [2.45, 2.75) is 31.7 Å². The summed E-state index contributed by atoms with van der Waals surface area (Å²) in [7, 11) is 1.42. The van der Waals surface area contributed by atoms with Gasteiger partial charge in [-0.15, -0.1) is 0 Å². The lowest BCUT2D eigenvalue weighted by Gasteiger charge is -2.39. The molecule has 1 aromatic rings. The van der Waals surface area contributed by atoms with E-state index in [1.54, 1.807) is 6.08 Å². The third-order valence-electron chi connectivity index (χ3n) is 3.54. The van der Waals surface area contributed by atoms with Crippen LogP contribution >= 0.6 is 15.9 Å². The highest BCUT2D eigenvalue weighted by atomic mass is 79.9. The minimum absolute atomic E-state index is 0.175. The van der Waals surface area contributed by atoms with Crippen LogP contribution in [0.3, 0.4) is 0 Å². The van der Waals surface area contributed by atoms with Crippen LogP contribution in [-0.4, -0.2) is 13.2 Å². The van der Waals surface area contributed by atoms with Crippen LogP contribution in [0.2, 0.25) is 0 Å². The summed E-state index contributed by atoms with van der Waals surface area (Å²) in [6, 6.07) is 1.37. The Morgan fingerprint density at radius 1 is 1.56 bits per heavy atom. The van der Waals surface area contributed by atoms with E-state index in [1.807, 2.05) is 6.92 Å². The largest absolute Gasteiger partial charge is 0.493 e. The Morgan fingerprint density at radius 3 is 2.67 bits per heavy atom. The molecular weight excluding hydrogens is 301 g/mol. The van der Waals surface area contributed by atoms with E-state index < -0.39 is 11.4 Å². The minimum Gasteiger partial charge on any atom is -0.493 e. The van der Waals surface area contributed by atoms with Crippen molar-refractivity contribution in [1.29, 1.82) is 0 Å². The van der Waals surface area contributed by atoms with Crippen LogP contribution < -0.4 is 4.74 Å². The fourth-order valence-electron chi connectivity index (χ4n) is 2.47. The van der Waals surface area contributed by atoms with Crippen molar-refractivity contribution in [2.24, 2.45) is 4.99 Å². The quantitative estimate of drug-likeness (QED) is 0.631. The lowest BCUT2D eigenvalue weighted by atomic mass is 9.70. The third kappa shape index (κ3) is 1.88. The predicted octanol–water partition coefficient (Wildman–Crippen LogP) is 3.62. The van der Waals surface area contributed by atoms with Crippen LogP contribution in [0.15, 0.2) is 15.5 Å². The normalized spacial score (nSPS) is 16.7. The van der Waals surface area contributed by atoms with Gasteiger partial charge >= 0.3 is 0 Å². The number of nitrogens with zero attached hydrogens (tertiary/aromatic N) is 1. The second kappa shape index (κ2) is 4.82. The summed E-state index contributed by atoms with van der Waals surface area (Å²) in [5.41, 5.74) is 0.848. The molecule has 5 heteroatoms. The molecule has 2 rings (SSSR count). The molecule has 1 saturated carbocycles. The molecule has 0 bridgehead atoms. The van der Waals surface area contributed by atoms with Gasteiger partial charge in [0.1, 0.15) is 5.54 Å². The highest BCUT2D eigenvalue weighted by Crippen LogP contribution is 2.51. The molecule has 0 aromatic heterocycles. The summed E-state index contributed by atoms with van der Waals surface area (Å²) in [5, 5.41) is 0. The van der Waals surface area contributed by atoms with Crippen LogP contribution in [0.4, 0.5) is 4.39 Å². The Bertz CT molecular complexity index is 534. The molecule has 0 unspecified atom stereocenters. The molecule has 0 aliphatic heterocycles. The Balaban J connectivity index is 2.72. The molecular formula is C13H13BrFNO2. The maximum atomic E-state index is 13.9. The van der Waals surface area contributed by atoms with Crippen molar-refractivity contribution in [3.8, 4) is 5.75 Å². The topological polar surface area (TPSA) is 38.7 Å². The number of benzene rings is 1. The summed E-state index contributed by atoms with van der Waals surface area (Å²) in [4.78, 5) is 14.5. The highest BCUT2D eigenvalue weighted by molar-refractivity contribution is 9.10. The van der Waals surface area contributed by atoms with Crippen LogP contribution in [0.25, 0.3) is 0 Å². The van der Waals surface area contributed by atoms with Crippen LogP contribution in [0.5, 0.6) is 5.75 Å². The van der Waals surface area contributed by atoms with Gasteiger partial charge < -0.3 is 4.74 Å². The first-order valence-electron chi connectivity index (χ1n) is 5.68. The van der Waals surface area contributed by atoms with Crippen molar-refractivity contribution in [1.82, 2.24) is 0 Å². The molecule has 0 radical (unpaired) electrons. The Hall–Kier alpha value is -1.19. The van der Waals surface area contributed by atoms with Crippen LogP contribution in [0.1, 0.15) is 30.4 Å². The number of rotatable bonds is 3. The average molecular weight is 314 g/mol. The highest BCUT2D eigenvalue weighted by Gasteiger charge is 2.43. The van der Waals surface area contributed by atoms with E-state index in [-0.39, 0.29) is 5.75 Å². The van der Waals surface area contributed by atoms with E-state index >= 15 is 0 Å². The van der Waals surface area contributed by atoms with Crippen molar-refractivity contribution >= 4 is 22.0 Å². The molecule has 1 aliphatic rings. The molecule has 1 aliphatic carbocycles. The number of hydrogen-bond donors (Lipinski definition) is 0. The van der Waals surface area contributed by atoms with E-state index in [0.29, 0.717) is 10.0 Å². The second-order valence-electron chi connectivity index (χ2n) is 4.46. The molecule has 0 amide bonds. The number of ether oxygens (including phenoxy) is 1. The Kier molecular flexibility index (Phi) is 3.55. The zero-order valence-electron chi connectivity index (χ0n) is 10.2. The molecule has 1 aromatic carbocycles. The number of hydrogen-bond acceptors (Lipinski definition) is 3. The Morgan fingerprint density at radius 2 is 2.22 bits per heavy atom. The first kappa shape index (κ1) is 13.2. The van der Waals surface area contributed by atoms with Crippen molar-refractivity contribution in [3.05, 3.63) is 27.5 Å². The number of aliphatic imine (C=N–C) groups is 1. The predicted molar refractivity (Wildman–Crippen MR) is 69.0 cm³/mol.